The van der Waals surface area contributed by atoms with Gasteiger partial charge in [-0.2, -0.15) is 10.2 Å². The van der Waals surface area contributed by atoms with E-state index in [-0.39, 0.29) is 5.89 Å². The van der Waals surface area contributed by atoms with E-state index in [1.165, 1.54) is 11.3 Å². The third kappa shape index (κ3) is 2.91. The maximum atomic E-state index is 9.31. The first-order chi connectivity index (χ1) is 10.3. The Morgan fingerprint density at radius 2 is 2.24 bits per heavy atom. The minimum Gasteiger partial charge on any atom is -0.333 e. The van der Waals surface area contributed by atoms with Crippen LogP contribution in [0.3, 0.4) is 0 Å². The number of thiophene rings is 1. The van der Waals surface area contributed by atoms with Crippen molar-refractivity contribution >= 4 is 23.0 Å². The smallest absolute Gasteiger partial charge is 0.268 e. The molecule has 0 amide bonds. The molecule has 2 heterocycles. The van der Waals surface area contributed by atoms with Crippen LogP contribution >= 0.6 is 11.3 Å². The van der Waals surface area contributed by atoms with Crippen LogP contribution in [0.5, 0.6) is 0 Å². The molecule has 3 rings (SSSR count). The highest BCUT2D eigenvalue weighted by atomic mass is 32.1. The zero-order valence-electron chi connectivity index (χ0n) is 11.3. The van der Waals surface area contributed by atoms with Crippen LogP contribution in [0.1, 0.15) is 17.0 Å². The van der Waals surface area contributed by atoms with Gasteiger partial charge in [0.2, 0.25) is 5.82 Å². The molecule has 0 bridgehead atoms. The Labute approximate surface area is 126 Å². The summed E-state index contributed by atoms with van der Waals surface area (Å²) >= 11 is 1.53. The van der Waals surface area contributed by atoms with Gasteiger partial charge in [0.25, 0.3) is 5.89 Å². The monoisotopic (exact) mass is 293 g/mol. The Morgan fingerprint density at radius 1 is 1.33 bits per heavy atom. The van der Waals surface area contributed by atoms with Crippen molar-refractivity contribution in [3.63, 3.8) is 0 Å². The molecule has 0 saturated carbocycles. The summed E-state index contributed by atoms with van der Waals surface area (Å²) in [7, 11) is 0. The molecular weight excluding hydrogens is 282 g/mol. The van der Waals surface area contributed by atoms with Crippen LogP contribution in [0, 0.1) is 18.3 Å². The second kappa shape index (κ2) is 5.73. The SMILES string of the molecule is Cc1cccc(/C=C(\C#N)c2nc(-c3cccs3)no2)c1. The standard InChI is InChI=1S/C16H11N3OS/c1-11-4-2-5-12(8-11)9-13(10-17)16-18-15(19-20-16)14-6-3-7-21-14/h2-9H,1H3/b13-9+. The number of nitrogens with zero attached hydrogens (tertiary/aromatic N) is 3. The molecular formula is C16H11N3OS. The first kappa shape index (κ1) is 13.3. The Kier molecular flexibility index (Phi) is 3.63. The summed E-state index contributed by atoms with van der Waals surface area (Å²) in [6.45, 7) is 2.00. The molecule has 102 valence electrons. The lowest BCUT2D eigenvalue weighted by Crippen LogP contribution is -1.83. The molecule has 5 heteroatoms. The van der Waals surface area contributed by atoms with Gasteiger partial charge >= 0.3 is 0 Å². The molecule has 0 unspecified atom stereocenters. The Morgan fingerprint density at radius 3 is 2.95 bits per heavy atom. The molecule has 0 atom stereocenters. The van der Waals surface area contributed by atoms with Gasteiger partial charge in [-0.25, -0.2) is 0 Å². The number of allylic oxidation sites excluding steroid dienone is 1. The first-order valence-corrected chi connectivity index (χ1v) is 7.20. The summed E-state index contributed by atoms with van der Waals surface area (Å²) in [6, 6.07) is 13.8. The highest BCUT2D eigenvalue weighted by Crippen LogP contribution is 2.24. The van der Waals surface area contributed by atoms with Crippen molar-refractivity contribution in [1.29, 1.82) is 5.26 Å². The summed E-state index contributed by atoms with van der Waals surface area (Å²) < 4.78 is 5.20. The number of nitriles is 1. The molecule has 0 N–H and O–H groups in total. The van der Waals surface area contributed by atoms with E-state index in [2.05, 4.69) is 16.2 Å². The molecule has 1 aromatic carbocycles. The topological polar surface area (TPSA) is 62.7 Å². The van der Waals surface area contributed by atoms with E-state index in [0.29, 0.717) is 11.4 Å². The van der Waals surface area contributed by atoms with E-state index >= 15 is 0 Å². The fourth-order valence-electron chi connectivity index (χ4n) is 1.91. The predicted molar refractivity (Wildman–Crippen MR) is 82.3 cm³/mol. The van der Waals surface area contributed by atoms with Crippen molar-refractivity contribution in [3.8, 4) is 16.8 Å². The highest BCUT2D eigenvalue weighted by Gasteiger charge is 2.13. The minimum absolute atomic E-state index is 0.238. The summed E-state index contributed by atoms with van der Waals surface area (Å²) in [5, 5.41) is 15.2. The quantitative estimate of drug-likeness (QED) is 0.680. The maximum absolute atomic E-state index is 9.31. The third-order valence-electron chi connectivity index (χ3n) is 2.87. The van der Waals surface area contributed by atoms with Gasteiger partial charge in [-0.1, -0.05) is 41.1 Å². The van der Waals surface area contributed by atoms with Crippen LogP contribution in [-0.2, 0) is 0 Å². The number of benzene rings is 1. The van der Waals surface area contributed by atoms with E-state index in [1.807, 2.05) is 48.7 Å². The molecule has 0 aliphatic rings. The van der Waals surface area contributed by atoms with Crippen molar-refractivity contribution in [1.82, 2.24) is 10.1 Å². The Hall–Kier alpha value is -2.71. The normalized spacial score (nSPS) is 11.3. The number of rotatable bonds is 3. The van der Waals surface area contributed by atoms with Crippen molar-refractivity contribution in [3.05, 3.63) is 58.8 Å². The molecule has 2 aromatic heterocycles. The van der Waals surface area contributed by atoms with Crippen molar-refractivity contribution in [2.45, 2.75) is 6.92 Å². The van der Waals surface area contributed by atoms with E-state index in [1.54, 1.807) is 6.08 Å². The largest absolute Gasteiger partial charge is 0.333 e. The lowest BCUT2D eigenvalue weighted by Gasteiger charge is -1.96. The summed E-state index contributed by atoms with van der Waals surface area (Å²) in [4.78, 5) is 5.20. The van der Waals surface area contributed by atoms with Gasteiger partial charge in [-0.3, -0.25) is 0 Å². The third-order valence-corrected chi connectivity index (χ3v) is 3.74. The molecule has 0 aliphatic carbocycles. The average molecular weight is 293 g/mol. The number of hydrogen-bond donors (Lipinski definition) is 0. The lowest BCUT2D eigenvalue weighted by molar-refractivity contribution is 0.409. The van der Waals surface area contributed by atoms with E-state index in [4.69, 9.17) is 4.52 Å². The van der Waals surface area contributed by atoms with Gasteiger partial charge in [0, 0.05) is 0 Å². The van der Waals surface area contributed by atoms with Crippen molar-refractivity contribution < 1.29 is 4.52 Å². The number of aryl methyl sites for hydroxylation is 1. The Bertz CT molecular complexity index is 825. The van der Waals surface area contributed by atoms with Gasteiger partial charge in [0.1, 0.15) is 11.6 Å². The highest BCUT2D eigenvalue weighted by molar-refractivity contribution is 7.13. The molecule has 4 nitrogen and oxygen atoms in total. The van der Waals surface area contributed by atoms with Gasteiger partial charge in [-0.15, -0.1) is 11.3 Å². The van der Waals surface area contributed by atoms with Crippen LogP contribution in [0.15, 0.2) is 46.3 Å². The number of hydrogen-bond acceptors (Lipinski definition) is 5. The molecule has 0 aliphatic heterocycles. The fourth-order valence-corrected chi connectivity index (χ4v) is 2.56. The average Bonchev–Trinajstić information content (AvgIpc) is 3.15. The van der Waals surface area contributed by atoms with Gasteiger partial charge in [-0.05, 0) is 30.0 Å². The van der Waals surface area contributed by atoms with E-state index in [9.17, 15) is 5.26 Å². The molecule has 0 spiro atoms. The second-order valence-electron chi connectivity index (χ2n) is 4.48. The van der Waals surface area contributed by atoms with Crippen LogP contribution < -0.4 is 0 Å². The van der Waals surface area contributed by atoms with Crippen molar-refractivity contribution in [2.24, 2.45) is 0 Å². The van der Waals surface area contributed by atoms with Crippen LogP contribution in [0.2, 0.25) is 0 Å². The predicted octanol–water partition coefficient (Wildman–Crippen LogP) is 4.17. The number of aromatic nitrogens is 2. The Balaban J connectivity index is 1.96. The van der Waals surface area contributed by atoms with E-state index in [0.717, 1.165) is 16.0 Å². The molecule has 0 fully saturated rings. The van der Waals surface area contributed by atoms with E-state index < -0.39 is 0 Å². The van der Waals surface area contributed by atoms with Crippen LogP contribution in [0.25, 0.3) is 22.4 Å². The summed E-state index contributed by atoms with van der Waals surface area (Å²) in [6.07, 6.45) is 1.75. The molecule has 3 aromatic rings. The second-order valence-corrected chi connectivity index (χ2v) is 5.43. The fraction of sp³-hybridized carbons (Fsp3) is 0.0625. The van der Waals surface area contributed by atoms with Crippen molar-refractivity contribution in [2.75, 3.05) is 0 Å². The summed E-state index contributed by atoms with van der Waals surface area (Å²) in [5.74, 6) is 0.743. The van der Waals surface area contributed by atoms with Crippen LogP contribution in [-0.4, -0.2) is 10.1 Å². The molecule has 21 heavy (non-hydrogen) atoms. The zero-order valence-corrected chi connectivity index (χ0v) is 12.1. The van der Waals surface area contributed by atoms with Crippen LogP contribution in [0.4, 0.5) is 0 Å². The molecule has 0 radical (unpaired) electrons. The van der Waals surface area contributed by atoms with Gasteiger partial charge in [0.15, 0.2) is 0 Å². The first-order valence-electron chi connectivity index (χ1n) is 6.33. The maximum Gasteiger partial charge on any atom is 0.268 e. The lowest BCUT2D eigenvalue weighted by atomic mass is 10.1. The summed E-state index contributed by atoms with van der Waals surface area (Å²) in [5.41, 5.74) is 2.42. The molecule has 0 saturated heterocycles. The van der Waals surface area contributed by atoms with Gasteiger partial charge < -0.3 is 4.52 Å². The zero-order chi connectivity index (χ0) is 14.7. The van der Waals surface area contributed by atoms with Gasteiger partial charge in [0.05, 0.1) is 4.88 Å². The minimum atomic E-state index is 0.238.